The number of allylic oxidation sites excluding steroid dienone is 3. The van der Waals surface area contributed by atoms with Gasteiger partial charge in [-0.25, -0.2) is 27.5 Å². The van der Waals surface area contributed by atoms with E-state index in [1.165, 1.54) is 69.3 Å². The third kappa shape index (κ3) is 21.2. The predicted molar refractivity (Wildman–Crippen MR) is 228 cm³/mol. The first-order valence-electron chi connectivity index (χ1n) is 18.9. The second-order valence-electron chi connectivity index (χ2n) is 13.7. The minimum Gasteiger partial charge on any atom is -0.876 e. The number of rotatable bonds is 10. The largest absolute Gasteiger partial charge is 3.00 e. The van der Waals surface area contributed by atoms with Crippen LogP contribution in [0.4, 0.5) is 17.6 Å². The third-order valence-electron chi connectivity index (χ3n) is 7.59. The maximum Gasteiger partial charge on any atom is 3.00 e. The van der Waals surface area contributed by atoms with Crippen LogP contribution in [0, 0.1) is 37.1 Å². The zero-order valence-corrected chi connectivity index (χ0v) is 37.5. The Morgan fingerprint density at radius 3 is 0.812 bits per heavy atom. The third-order valence-corrected chi connectivity index (χ3v) is 7.59. The summed E-state index contributed by atoms with van der Waals surface area (Å²) in [5, 5.41) is 29.8. The van der Waals surface area contributed by atoms with Crippen molar-refractivity contribution in [2.24, 2.45) is 0 Å². The monoisotopic (exact) mass is 963 g/mol. The molecule has 0 spiro atoms. The molecule has 0 aliphatic rings. The van der Waals surface area contributed by atoms with Gasteiger partial charge in [-0.15, -0.1) is 37.0 Å². The van der Waals surface area contributed by atoms with Crippen LogP contribution in [0.25, 0.3) is 45.0 Å². The maximum absolute atomic E-state index is 13.1. The molecule has 0 bridgehead atoms. The Bertz CT molecular complexity index is 2270. The summed E-state index contributed by atoms with van der Waals surface area (Å²) >= 11 is 0. The summed E-state index contributed by atoms with van der Waals surface area (Å²) in [6, 6.07) is 24.3. The number of carbonyl (C=O) groups excluding carboxylic acids is 3. The topological polar surface area (TPSA) is 172 Å². The van der Waals surface area contributed by atoms with Crippen molar-refractivity contribution in [3.8, 4) is 45.0 Å². The Labute approximate surface area is 382 Å². The summed E-state index contributed by atoms with van der Waals surface area (Å²) in [6.45, 7) is 16.8. The molecular weight excluding hydrogens is 918 g/mol. The van der Waals surface area contributed by atoms with Crippen molar-refractivity contribution in [1.29, 1.82) is 0 Å². The minimum atomic E-state index is -0.312. The first-order chi connectivity index (χ1) is 29.6. The molecular formula is C49H45F4N4O6Ru. The van der Waals surface area contributed by atoms with Crippen LogP contribution in [0.1, 0.15) is 51.4 Å². The van der Waals surface area contributed by atoms with Crippen LogP contribution < -0.4 is 15.3 Å². The van der Waals surface area contributed by atoms with Gasteiger partial charge in [0.1, 0.15) is 40.6 Å². The zero-order valence-electron chi connectivity index (χ0n) is 35.7. The van der Waals surface area contributed by atoms with Gasteiger partial charge in [0, 0.05) is 53.9 Å². The van der Waals surface area contributed by atoms with Crippen molar-refractivity contribution < 1.29 is 66.7 Å². The molecule has 0 N–H and O–H groups in total. The minimum absolute atomic E-state index is 0. The SMILES string of the molecule is C=C([O-])CC(C)=O.C=C([O-])CC(C)=O.C=C([O-])CC(C)=O.Cc1cnc(-c2ccc(F)cc2)c(-c2ccc(F)cc2)n1.Cc1cnc(-c2ccc(F)cc2)c(-c2ccc(F)cc2)n1.[Ru+3]. The Hall–Kier alpha value is -6.99. The molecule has 0 unspecified atom stereocenters. The molecule has 0 saturated carbocycles. The van der Waals surface area contributed by atoms with Gasteiger partial charge in [-0.2, -0.15) is 0 Å². The van der Waals surface area contributed by atoms with Gasteiger partial charge in [0.25, 0.3) is 0 Å². The van der Waals surface area contributed by atoms with Crippen LogP contribution in [-0.2, 0) is 33.9 Å². The van der Waals surface area contributed by atoms with Crippen LogP contribution in [0.2, 0.25) is 0 Å². The Morgan fingerprint density at radius 1 is 0.438 bits per heavy atom. The van der Waals surface area contributed by atoms with E-state index in [-0.39, 0.29) is 96.6 Å². The average Bonchev–Trinajstić information content (AvgIpc) is 3.19. The molecule has 0 saturated heterocycles. The summed E-state index contributed by atoms with van der Waals surface area (Å²) in [5.41, 5.74) is 7.20. The molecule has 0 fully saturated rings. The van der Waals surface area contributed by atoms with Crippen molar-refractivity contribution in [2.45, 2.75) is 53.9 Å². The normalized spacial score (nSPS) is 9.64. The van der Waals surface area contributed by atoms with Crippen LogP contribution >= 0.6 is 0 Å². The van der Waals surface area contributed by atoms with Crippen molar-refractivity contribution in [1.82, 2.24) is 19.9 Å². The van der Waals surface area contributed by atoms with Crippen LogP contribution in [0.5, 0.6) is 0 Å². The molecule has 6 rings (SSSR count). The molecule has 0 atom stereocenters. The van der Waals surface area contributed by atoms with E-state index in [1.54, 1.807) is 60.9 Å². The molecule has 4 aromatic carbocycles. The number of ketones is 3. The fourth-order valence-corrected chi connectivity index (χ4v) is 5.04. The summed E-state index contributed by atoms with van der Waals surface area (Å²) in [7, 11) is 0. The zero-order chi connectivity index (χ0) is 47.2. The molecule has 0 amide bonds. The van der Waals surface area contributed by atoms with Gasteiger partial charge in [0.15, 0.2) is 0 Å². The summed E-state index contributed by atoms with van der Waals surface area (Å²) in [6.07, 6.45) is 3.23. The summed E-state index contributed by atoms with van der Waals surface area (Å²) in [4.78, 5) is 47.8. The molecule has 2 heterocycles. The van der Waals surface area contributed by atoms with E-state index in [9.17, 15) is 47.3 Å². The van der Waals surface area contributed by atoms with Gasteiger partial charge in [-0.3, -0.25) is 24.4 Å². The number of hydrogen-bond acceptors (Lipinski definition) is 10. The molecule has 6 aromatic rings. The fourth-order valence-electron chi connectivity index (χ4n) is 5.04. The number of aromatic nitrogens is 4. The van der Waals surface area contributed by atoms with Crippen molar-refractivity contribution in [2.75, 3.05) is 0 Å². The van der Waals surface area contributed by atoms with E-state index in [4.69, 9.17) is 0 Å². The van der Waals surface area contributed by atoms with Crippen LogP contribution in [0.3, 0.4) is 0 Å². The van der Waals surface area contributed by atoms with Gasteiger partial charge in [-0.1, -0.05) is 0 Å². The summed E-state index contributed by atoms with van der Waals surface area (Å²) in [5.74, 6) is -2.53. The second kappa shape index (κ2) is 27.9. The molecule has 1 radical (unpaired) electrons. The number of aryl methyl sites for hydroxylation is 2. The quantitative estimate of drug-likeness (QED) is 0.0739. The number of hydrogen-bond donors (Lipinski definition) is 0. The smallest absolute Gasteiger partial charge is 0.876 e. The van der Waals surface area contributed by atoms with Gasteiger partial charge < -0.3 is 15.3 Å². The number of benzene rings is 4. The van der Waals surface area contributed by atoms with Crippen molar-refractivity contribution >= 4 is 17.3 Å². The first-order valence-corrected chi connectivity index (χ1v) is 18.9. The number of nitrogens with zero attached hydrogens (tertiary/aromatic N) is 4. The average molecular weight is 963 g/mol. The molecule has 333 valence electrons. The van der Waals surface area contributed by atoms with E-state index >= 15 is 0 Å². The molecule has 10 nitrogen and oxygen atoms in total. The number of carbonyl (C=O) groups is 3. The molecule has 2 aromatic heterocycles. The first kappa shape index (κ1) is 55.0. The Balaban J connectivity index is 0.000000443. The van der Waals surface area contributed by atoms with E-state index < -0.39 is 0 Å². The predicted octanol–water partition coefficient (Wildman–Crippen LogP) is 8.31. The van der Waals surface area contributed by atoms with Gasteiger partial charge in [0.05, 0.1) is 34.2 Å². The number of Topliss-reactive ketones (excluding diaryl/α,β-unsaturated/α-hetero) is 3. The van der Waals surface area contributed by atoms with E-state index in [0.29, 0.717) is 22.8 Å². The van der Waals surface area contributed by atoms with E-state index in [1.807, 2.05) is 13.8 Å². The van der Waals surface area contributed by atoms with E-state index in [0.717, 1.165) is 33.6 Å². The fraction of sp³-hybridized carbons (Fsp3) is 0.163. The molecule has 64 heavy (non-hydrogen) atoms. The summed E-state index contributed by atoms with van der Waals surface area (Å²) < 4.78 is 52.3. The Kier molecular flexibility index (Phi) is 24.0. The van der Waals surface area contributed by atoms with Gasteiger partial charge >= 0.3 is 19.5 Å². The standard InChI is InChI=1S/2C17H12F2N2.3C5H8O2.Ru/c2*1-11-10-20-16(12-2-6-14(18)7-3-12)17(21-11)13-4-8-15(19)9-5-13;3*1-4(6)3-5(2)7;/h2*2-10H,1H3;3*6H,1,3H2,2H3;/q;;;;;+3/p-3. The molecule has 0 aliphatic carbocycles. The molecule has 0 aliphatic heterocycles. The van der Waals surface area contributed by atoms with E-state index in [2.05, 4.69) is 39.7 Å². The maximum atomic E-state index is 13.1. The van der Waals surface area contributed by atoms with Crippen LogP contribution in [0.15, 0.2) is 146 Å². The van der Waals surface area contributed by atoms with Crippen molar-refractivity contribution in [3.05, 3.63) is 181 Å². The van der Waals surface area contributed by atoms with Gasteiger partial charge in [0.2, 0.25) is 0 Å². The van der Waals surface area contributed by atoms with Crippen LogP contribution in [-0.4, -0.2) is 37.3 Å². The second-order valence-corrected chi connectivity index (χ2v) is 13.7. The molecule has 15 heteroatoms. The Morgan fingerprint density at radius 2 is 0.641 bits per heavy atom. The number of halogens is 4. The van der Waals surface area contributed by atoms with Crippen molar-refractivity contribution in [3.63, 3.8) is 0 Å². The van der Waals surface area contributed by atoms with Gasteiger partial charge in [-0.05, 0) is 132 Å².